The maximum atomic E-state index is 13.0. The average molecular weight is 347 g/mol. The fraction of sp³-hybridized carbons (Fsp3) is 0.400. The van der Waals surface area contributed by atoms with Crippen LogP contribution in [0.5, 0.6) is 5.75 Å². The summed E-state index contributed by atoms with van der Waals surface area (Å²) >= 11 is 0. The molecule has 0 spiro atoms. The zero-order valence-corrected chi connectivity index (χ0v) is 14.0. The lowest BCUT2D eigenvalue weighted by molar-refractivity contribution is -0.137. The molecule has 1 N–H and O–H groups in total. The van der Waals surface area contributed by atoms with Crippen LogP contribution in [0.2, 0.25) is 0 Å². The van der Waals surface area contributed by atoms with Gasteiger partial charge in [-0.15, -0.1) is 0 Å². The molecular formula is C20H20F3NO. The van der Waals surface area contributed by atoms with Gasteiger partial charge >= 0.3 is 6.18 Å². The largest absolute Gasteiger partial charge is 0.485 e. The maximum absolute atomic E-state index is 13.0. The summed E-state index contributed by atoms with van der Waals surface area (Å²) in [6.45, 7) is 2.94. The Bertz CT molecular complexity index is 796. The predicted octanol–water partition coefficient (Wildman–Crippen LogP) is 5.51. The second-order valence-electron chi connectivity index (χ2n) is 6.89. The van der Waals surface area contributed by atoms with Crippen LogP contribution in [-0.4, -0.2) is 6.54 Å². The number of benzene rings is 2. The molecule has 2 aromatic rings. The van der Waals surface area contributed by atoms with Gasteiger partial charge in [0.25, 0.3) is 0 Å². The van der Waals surface area contributed by atoms with Crippen molar-refractivity contribution in [2.24, 2.45) is 5.92 Å². The molecule has 1 fully saturated rings. The standard InChI is InChI=1S/C20H20F3NO/c1-12-16-9-10-24-17(16)7-8-18(12)25-19(13-5-6-13)14-3-2-4-15(11-14)20(21,22)23/h2-4,7-8,11,13,19,24H,5-6,9-10H2,1H3. The van der Waals surface area contributed by atoms with Gasteiger partial charge in [0.15, 0.2) is 0 Å². The van der Waals surface area contributed by atoms with E-state index in [4.69, 9.17) is 4.74 Å². The van der Waals surface area contributed by atoms with Gasteiger partial charge in [-0.05, 0) is 67.1 Å². The minimum atomic E-state index is -4.33. The number of halogens is 3. The number of rotatable bonds is 4. The highest BCUT2D eigenvalue weighted by Gasteiger charge is 2.37. The van der Waals surface area contributed by atoms with Gasteiger partial charge in [-0.2, -0.15) is 13.2 Å². The quantitative estimate of drug-likeness (QED) is 0.787. The Morgan fingerprint density at radius 2 is 1.96 bits per heavy atom. The number of anilines is 1. The Labute approximate surface area is 145 Å². The van der Waals surface area contributed by atoms with E-state index in [1.54, 1.807) is 6.07 Å². The monoisotopic (exact) mass is 347 g/mol. The summed E-state index contributed by atoms with van der Waals surface area (Å²) in [5.74, 6) is 1.06. The molecule has 1 saturated carbocycles. The smallest absolute Gasteiger partial charge is 0.416 e. The lowest BCUT2D eigenvalue weighted by Crippen LogP contribution is -2.13. The van der Waals surface area contributed by atoms with E-state index in [1.165, 1.54) is 17.7 Å². The Kier molecular flexibility index (Phi) is 3.89. The van der Waals surface area contributed by atoms with Gasteiger partial charge in [-0.1, -0.05) is 12.1 Å². The molecule has 1 aliphatic heterocycles. The van der Waals surface area contributed by atoms with Crippen molar-refractivity contribution < 1.29 is 17.9 Å². The van der Waals surface area contributed by atoms with E-state index in [1.807, 2.05) is 19.1 Å². The predicted molar refractivity (Wildman–Crippen MR) is 90.9 cm³/mol. The third-order valence-corrected chi connectivity index (χ3v) is 5.09. The first-order valence-corrected chi connectivity index (χ1v) is 8.63. The number of hydrogen-bond donors (Lipinski definition) is 1. The van der Waals surface area contributed by atoms with Crippen LogP contribution in [0.1, 0.15) is 41.2 Å². The minimum absolute atomic E-state index is 0.286. The van der Waals surface area contributed by atoms with Crippen LogP contribution in [-0.2, 0) is 12.6 Å². The van der Waals surface area contributed by atoms with Crippen LogP contribution >= 0.6 is 0 Å². The summed E-state index contributed by atoms with van der Waals surface area (Å²) in [5, 5.41) is 3.33. The van der Waals surface area contributed by atoms with Gasteiger partial charge in [-0.3, -0.25) is 0 Å². The highest BCUT2D eigenvalue weighted by molar-refractivity contribution is 5.62. The number of fused-ring (bicyclic) bond motifs is 1. The SMILES string of the molecule is Cc1c(OC(c2cccc(C(F)(F)F)c2)C2CC2)ccc2c1CCN2. The van der Waals surface area contributed by atoms with Crippen LogP contribution < -0.4 is 10.1 Å². The molecule has 25 heavy (non-hydrogen) atoms. The molecule has 0 aromatic heterocycles. The zero-order valence-electron chi connectivity index (χ0n) is 14.0. The van der Waals surface area contributed by atoms with E-state index in [0.717, 1.165) is 48.9 Å². The lowest BCUT2D eigenvalue weighted by Gasteiger charge is -2.22. The molecule has 2 aromatic carbocycles. The van der Waals surface area contributed by atoms with Crippen molar-refractivity contribution in [2.45, 2.75) is 38.5 Å². The van der Waals surface area contributed by atoms with E-state index in [0.29, 0.717) is 5.56 Å². The molecule has 0 saturated heterocycles. The summed E-state index contributed by atoms with van der Waals surface area (Å²) in [7, 11) is 0. The van der Waals surface area contributed by atoms with E-state index in [2.05, 4.69) is 5.32 Å². The Hall–Kier alpha value is -2.17. The van der Waals surface area contributed by atoms with Crippen molar-refractivity contribution in [1.82, 2.24) is 0 Å². The second kappa shape index (κ2) is 5.97. The Morgan fingerprint density at radius 1 is 1.16 bits per heavy atom. The molecule has 1 atom stereocenters. The fourth-order valence-electron chi connectivity index (χ4n) is 3.54. The summed E-state index contributed by atoms with van der Waals surface area (Å²) in [4.78, 5) is 0. The number of ether oxygens (including phenoxy) is 1. The van der Waals surface area contributed by atoms with Crippen LogP contribution in [0.4, 0.5) is 18.9 Å². The van der Waals surface area contributed by atoms with E-state index in [-0.39, 0.29) is 12.0 Å². The third-order valence-electron chi connectivity index (χ3n) is 5.09. The summed E-state index contributed by atoms with van der Waals surface area (Å²) < 4.78 is 45.4. The van der Waals surface area contributed by atoms with Gasteiger partial charge in [0, 0.05) is 18.2 Å². The number of alkyl halides is 3. The average Bonchev–Trinajstić information content (AvgIpc) is 3.30. The van der Waals surface area contributed by atoms with Gasteiger partial charge in [0.05, 0.1) is 5.56 Å². The first kappa shape index (κ1) is 16.3. The van der Waals surface area contributed by atoms with Gasteiger partial charge < -0.3 is 10.1 Å². The van der Waals surface area contributed by atoms with Crippen molar-refractivity contribution >= 4 is 5.69 Å². The molecule has 0 bridgehead atoms. The van der Waals surface area contributed by atoms with Gasteiger partial charge in [-0.25, -0.2) is 0 Å². The molecule has 1 heterocycles. The van der Waals surface area contributed by atoms with E-state index >= 15 is 0 Å². The molecule has 2 nitrogen and oxygen atoms in total. The zero-order chi connectivity index (χ0) is 17.6. The molecule has 0 amide bonds. The molecule has 132 valence electrons. The van der Waals surface area contributed by atoms with E-state index in [9.17, 15) is 13.2 Å². The van der Waals surface area contributed by atoms with Crippen LogP contribution in [0, 0.1) is 12.8 Å². The summed E-state index contributed by atoms with van der Waals surface area (Å²) in [6, 6.07) is 9.47. The lowest BCUT2D eigenvalue weighted by atomic mass is 10.0. The number of nitrogens with one attached hydrogen (secondary N) is 1. The topological polar surface area (TPSA) is 21.3 Å². The van der Waals surface area contributed by atoms with Crippen molar-refractivity contribution in [1.29, 1.82) is 0 Å². The Balaban J connectivity index is 1.65. The number of hydrogen-bond acceptors (Lipinski definition) is 2. The minimum Gasteiger partial charge on any atom is -0.485 e. The van der Waals surface area contributed by atoms with Crippen molar-refractivity contribution in [2.75, 3.05) is 11.9 Å². The third kappa shape index (κ3) is 3.20. The molecule has 2 aliphatic rings. The van der Waals surface area contributed by atoms with Crippen molar-refractivity contribution in [3.8, 4) is 5.75 Å². The maximum Gasteiger partial charge on any atom is 0.416 e. The molecule has 1 unspecified atom stereocenters. The van der Waals surface area contributed by atoms with Crippen LogP contribution in [0.25, 0.3) is 0 Å². The summed E-state index contributed by atoms with van der Waals surface area (Å²) in [6.07, 6.45) is -1.72. The molecule has 5 heteroatoms. The molecular weight excluding hydrogens is 327 g/mol. The Morgan fingerprint density at radius 3 is 2.68 bits per heavy atom. The molecule has 0 radical (unpaired) electrons. The second-order valence-corrected chi connectivity index (χ2v) is 6.89. The first-order chi connectivity index (χ1) is 11.9. The van der Waals surface area contributed by atoms with Crippen LogP contribution in [0.3, 0.4) is 0 Å². The normalized spacial score (nSPS) is 17.8. The van der Waals surface area contributed by atoms with Crippen LogP contribution in [0.15, 0.2) is 36.4 Å². The molecule has 4 rings (SSSR count). The van der Waals surface area contributed by atoms with E-state index < -0.39 is 11.7 Å². The van der Waals surface area contributed by atoms with Crippen molar-refractivity contribution in [3.63, 3.8) is 0 Å². The first-order valence-electron chi connectivity index (χ1n) is 8.63. The van der Waals surface area contributed by atoms with Gasteiger partial charge in [0.1, 0.15) is 11.9 Å². The molecule has 1 aliphatic carbocycles. The fourth-order valence-corrected chi connectivity index (χ4v) is 3.54. The van der Waals surface area contributed by atoms with Crippen molar-refractivity contribution in [3.05, 3.63) is 58.7 Å². The highest BCUT2D eigenvalue weighted by atomic mass is 19.4. The van der Waals surface area contributed by atoms with Gasteiger partial charge in [0.2, 0.25) is 0 Å². The highest BCUT2D eigenvalue weighted by Crippen LogP contribution is 2.45. The summed E-state index contributed by atoms with van der Waals surface area (Å²) in [5.41, 5.74) is 3.45.